The molecule has 84 valence electrons. The van der Waals surface area contributed by atoms with E-state index in [1.165, 1.54) is 4.90 Å². The minimum atomic E-state index is -4.11. The molecule has 0 radical (unpaired) electrons. The maximum Gasteiger partial charge on any atom is 0.401 e. The van der Waals surface area contributed by atoms with Crippen molar-refractivity contribution in [1.29, 1.82) is 0 Å². The van der Waals surface area contributed by atoms with Crippen molar-refractivity contribution in [3.63, 3.8) is 0 Å². The molecule has 1 aliphatic carbocycles. The lowest BCUT2D eigenvalue weighted by Gasteiger charge is -2.41. The van der Waals surface area contributed by atoms with Crippen LogP contribution in [0.2, 0.25) is 0 Å². The van der Waals surface area contributed by atoms with Crippen molar-refractivity contribution in [2.75, 3.05) is 19.6 Å². The zero-order valence-electron chi connectivity index (χ0n) is 8.40. The third-order valence-corrected chi connectivity index (χ3v) is 2.74. The molecule has 1 fully saturated rings. The Balaban J connectivity index is 2.38. The standard InChI is InChI=1S/C9H17F3N2/c1-2-14(7-9(10,11)12)6-8(13)4-3-5-8/h2-7,13H2,1H3. The quantitative estimate of drug-likeness (QED) is 0.766. The van der Waals surface area contributed by atoms with Gasteiger partial charge in [-0.1, -0.05) is 6.92 Å². The van der Waals surface area contributed by atoms with E-state index >= 15 is 0 Å². The average molecular weight is 210 g/mol. The van der Waals surface area contributed by atoms with Gasteiger partial charge in [-0.25, -0.2) is 0 Å². The summed E-state index contributed by atoms with van der Waals surface area (Å²) in [4.78, 5) is 1.37. The highest BCUT2D eigenvalue weighted by molar-refractivity contribution is 4.95. The number of rotatable bonds is 4. The highest BCUT2D eigenvalue weighted by Crippen LogP contribution is 2.30. The molecule has 0 atom stereocenters. The largest absolute Gasteiger partial charge is 0.401 e. The summed E-state index contributed by atoms with van der Waals surface area (Å²) in [6.07, 6.45) is -1.38. The molecule has 0 heterocycles. The molecule has 14 heavy (non-hydrogen) atoms. The highest BCUT2D eigenvalue weighted by Gasteiger charge is 2.37. The third-order valence-electron chi connectivity index (χ3n) is 2.74. The molecule has 5 heteroatoms. The number of nitrogens with two attached hydrogens (primary N) is 1. The van der Waals surface area contributed by atoms with E-state index in [0.29, 0.717) is 13.1 Å². The van der Waals surface area contributed by atoms with Crippen molar-refractivity contribution in [1.82, 2.24) is 4.90 Å². The fraction of sp³-hybridized carbons (Fsp3) is 1.00. The number of likely N-dealkylation sites (N-methyl/N-ethyl adjacent to an activating group) is 1. The van der Waals surface area contributed by atoms with Gasteiger partial charge in [-0.3, -0.25) is 4.90 Å². The maximum atomic E-state index is 12.1. The monoisotopic (exact) mass is 210 g/mol. The molecule has 0 aromatic heterocycles. The minimum Gasteiger partial charge on any atom is -0.324 e. The Morgan fingerprint density at radius 2 is 1.93 bits per heavy atom. The van der Waals surface area contributed by atoms with E-state index in [1.54, 1.807) is 6.92 Å². The van der Waals surface area contributed by atoms with Gasteiger partial charge in [0, 0.05) is 12.1 Å². The Hall–Kier alpha value is -0.290. The van der Waals surface area contributed by atoms with E-state index in [4.69, 9.17) is 5.73 Å². The van der Waals surface area contributed by atoms with Gasteiger partial charge in [-0.2, -0.15) is 13.2 Å². The Morgan fingerprint density at radius 3 is 2.21 bits per heavy atom. The number of hydrogen-bond donors (Lipinski definition) is 1. The topological polar surface area (TPSA) is 29.3 Å². The SMILES string of the molecule is CCN(CC(F)(F)F)CC1(N)CCC1. The summed E-state index contributed by atoms with van der Waals surface area (Å²) in [7, 11) is 0. The van der Waals surface area contributed by atoms with Crippen molar-refractivity contribution in [3.05, 3.63) is 0 Å². The number of halogens is 3. The first kappa shape index (κ1) is 11.8. The maximum absolute atomic E-state index is 12.1. The Morgan fingerprint density at radius 1 is 1.36 bits per heavy atom. The summed E-state index contributed by atoms with van der Waals surface area (Å²) in [6, 6.07) is 0. The highest BCUT2D eigenvalue weighted by atomic mass is 19.4. The number of hydrogen-bond acceptors (Lipinski definition) is 2. The summed E-state index contributed by atoms with van der Waals surface area (Å²) in [5.74, 6) is 0. The van der Waals surface area contributed by atoms with Gasteiger partial charge in [0.2, 0.25) is 0 Å². The third kappa shape index (κ3) is 3.46. The summed E-state index contributed by atoms with van der Waals surface area (Å²) >= 11 is 0. The van der Waals surface area contributed by atoms with Gasteiger partial charge in [-0.05, 0) is 25.8 Å². The fourth-order valence-corrected chi connectivity index (χ4v) is 1.77. The van der Waals surface area contributed by atoms with Crippen LogP contribution in [0.15, 0.2) is 0 Å². The second-order valence-electron chi connectivity index (χ2n) is 4.13. The van der Waals surface area contributed by atoms with Crippen LogP contribution in [0.3, 0.4) is 0 Å². The summed E-state index contributed by atoms with van der Waals surface area (Å²) in [5.41, 5.74) is 5.53. The molecule has 0 unspecified atom stereocenters. The van der Waals surface area contributed by atoms with Crippen LogP contribution in [0.25, 0.3) is 0 Å². The normalized spacial score (nSPS) is 21.0. The average Bonchev–Trinajstić information content (AvgIpc) is 1.97. The Labute approximate surface area is 82.2 Å². The molecule has 0 aliphatic heterocycles. The molecule has 1 saturated carbocycles. The van der Waals surface area contributed by atoms with Crippen molar-refractivity contribution >= 4 is 0 Å². The van der Waals surface area contributed by atoms with E-state index in [1.807, 2.05) is 0 Å². The van der Waals surface area contributed by atoms with Gasteiger partial charge in [-0.15, -0.1) is 0 Å². The van der Waals surface area contributed by atoms with Gasteiger partial charge in [0.15, 0.2) is 0 Å². The summed E-state index contributed by atoms with van der Waals surface area (Å²) in [5, 5.41) is 0. The lowest BCUT2D eigenvalue weighted by atomic mass is 9.77. The van der Waals surface area contributed by atoms with Gasteiger partial charge >= 0.3 is 6.18 Å². The predicted octanol–water partition coefficient (Wildman–Crippen LogP) is 1.75. The van der Waals surface area contributed by atoms with Crippen molar-refractivity contribution in [2.45, 2.75) is 37.9 Å². The van der Waals surface area contributed by atoms with E-state index in [2.05, 4.69) is 0 Å². The van der Waals surface area contributed by atoms with Crippen molar-refractivity contribution in [2.24, 2.45) is 5.73 Å². The van der Waals surface area contributed by atoms with E-state index in [0.717, 1.165) is 19.3 Å². The van der Waals surface area contributed by atoms with Gasteiger partial charge in [0.1, 0.15) is 0 Å². The molecule has 2 N–H and O–H groups in total. The smallest absolute Gasteiger partial charge is 0.324 e. The molecule has 0 aromatic carbocycles. The van der Waals surface area contributed by atoms with E-state index < -0.39 is 12.7 Å². The molecule has 0 saturated heterocycles. The van der Waals surface area contributed by atoms with Crippen LogP contribution in [0.1, 0.15) is 26.2 Å². The van der Waals surface area contributed by atoms with E-state index in [-0.39, 0.29) is 5.54 Å². The first-order valence-corrected chi connectivity index (χ1v) is 4.93. The zero-order valence-corrected chi connectivity index (χ0v) is 8.40. The Bertz CT molecular complexity index is 187. The van der Waals surface area contributed by atoms with E-state index in [9.17, 15) is 13.2 Å². The molecular weight excluding hydrogens is 193 g/mol. The zero-order chi connectivity index (χ0) is 10.8. The summed E-state index contributed by atoms with van der Waals surface area (Å²) in [6.45, 7) is 1.65. The first-order chi connectivity index (χ1) is 6.35. The molecular formula is C9H17F3N2. The molecule has 1 aliphatic rings. The Kier molecular flexibility index (Phi) is 3.42. The van der Waals surface area contributed by atoms with Crippen LogP contribution in [0.5, 0.6) is 0 Å². The lowest BCUT2D eigenvalue weighted by Crippen LogP contribution is -2.56. The van der Waals surface area contributed by atoms with Gasteiger partial charge in [0.05, 0.1) is 6.54 Å². The molecule has 0 spiro atoms. The second-order valence-corrected chi connectivity index (χ2v) is 4.13. The van der Waals surface area contributed by atoms with Crippen LogP contribution in [0, 0.1) is 0 Å². The fourth-order valence-electron chi connectivity index (χ4n) is 1.77. The summed E-state index contributed by atoms with van der Waals surface area (Å²) < 4.78 is 36.3. The van der Waals surface area contributed by atoms with Crippen LogP contribution in [-0.4, -0.2) is 36.2 Å². The van der Waals surface area contributed by atoms with Gasteiger partial charge in [0.25, 0.3) is 0 Å². The predicted molar refractivity (Wildman–Crippen MR) is 48.9 cm³/mol. The van der Waals surface area contributed by atoms with Crippen LogP contribution in [-0.2, 0) is 0 Å². The molecule has 0 aromatic rings. The molecule has 2 nitrogen and oxygen atoms in total. The van der Waals surface area contributed by atoms with Crippen LogP contribution < -0.4 is 5.73 Å². The van der Waals surface area contributed by atoms with Crippen molar-refractivity contribution in [3.8, 4) is 0 Å². The van der Waals surface area contributed by atoms with Crippen LogP contribution in [0.4, 0.5) is 13.2 Å². The van der Waals surface area contributed by atoms with Crippen LogP contribution >= 0.6 is 0 Å². The number of alkyl halides is 3. The first-order valence-electron chi connectivity index (χ1n) is 4.93. The minimum absolute atomic E-state index is 0.360. The molecule has 1 rings (SSSR count). The molecule has 0 amide bonds. The number of nitrogens with zero attached hydrogens (tertiary/aromatic N) is 1. The lowest BCUT2D eigenvalue weighted by molar-refractivity contribution is -0.148. The van der Waals surface area contributed by atoms with Gasteiger partial charge < -0.3 is 5.73 Å². The van der Waals surface area contributed by atoms with Crippen molar-refractivity contribution < 1.29 is 13.2 Å². The molecule has 0 bridgehead atoms. The second kappa shape index (κ2) is 4.06.